The van der Waals surface area contributed by atoms with E-state index in [0.29, 0.717) is 13.0 Å². The van der Waals surface area contributed by atoms with Crippen LogP contribution >= 0.6 is 11.3 Å². The summed E-state index contributed by atoms with van der Waals surface area (Å²) in [7, 11) is 0. The molecule has 0 unspecified atom stereocenters. The summed E-state index contributed by atoms with van der Waals surface area (Å²) < 4.78 is 0. The number of nitrogens with one attached hydrogen (secondary N) is 1. The normalized spacial score (nSPS) is 10.6. The van der Waals surface area contributed by atoms with Gasteiger partial charge < -0.3 is 5.32 Å². The van der Waals surface area contributed by atoms with Crippen molar-refractivity contribution in [2.75, 3.05) is 6.54 Å². The Morgan fingerprint density at radius 2 is 1.86 bits per heavy atom. The van der Waals surface area contributed by atoms with Gasteiger partial charge in [0.05, 0.1) is 10.7 Å². The predicted octanol–water partition coefficient (Wildman–Crippen LogP) is 3.36. The second-order valence-corrected chi connectivity index (χ2v) is 6.62. The summed E-state index contributed by atoms with van der Waals surface area (Å²) in [6.07, 6.45) is 2.15. The summed E-state index contributed by atoms with van der Waals surface area (Å²) in [5.74, 6) is 0.112. The lowest BCUT2D eigenvalue weighted by atomic mass is 10.1. The van der Waals surface area contributed by atoms with Crippen LogP contribution in [-0.2, 0) is 17.6 Å². The minimum atomic E-state index is 0.112. The summed E-state index contributed by atoms with van der Waals surface area (Å²) in [6.45, 7) is 6.84. The van der Waals surface area contributed by atoms with Crippen LogP contribution in [0.1, 0.15) is 33.1 Å². The second-order valence-electron chi connectivity index (χ2n) is 5.33. The minimum absolute atomic E-state index is 0.112. The smallest absolute Gasteiger partial charge is 0.220 e. The van der Waals surface area contributed by atoms with Crippen molar-refractivity contribution >= 4 is 17.2 Å². The molecule has 0 aliphatic carbocycles. The fourth-order valence-electron chi connectivity index (χ4n) is 2.06. The van der Waals surface area contributed by atoms with Crippen LogP contribution < -0.4 is 5.32 Å². The van der Waals surface area contributed by atoms with Gasteiger partial charge in [0.2, 0.25) is 5.91 Å². The van der Waals surface area contributed by atoms with E-state index in [9.17, 15) is 4.79 Å². The molecule has 0 fully saturated rings. The minimum Gasteiger partial charge on any atom is -0.356 e. The van der Waals surface area contributed by atoms with E-state index < -0.39 is 0 Å². The maximum atomic E-state index is 11.8. The lowest BCUT2D eigenvalue weighted by molar-refractivity contribution is -0.121. The first-order valence-corrected chi connectivity index (χ1v) is 8.11. The number of hydrogen-bond acceptors (Lipinski definition) is 3. The number of benzene rings is 1. The van der Waals surface area contributed by atoms with E-state index in [-0.39, 0.29) is 5.91 Å². The third-order valence-electron chi connectivity index (χ3n) is 3.50. The molecule has 112 valence electrons. The van der Waals surface area contributed by atoms with E-state index in [4.69, 9.17) is 0 Å². The first-order valence-electron chi connectivity index (χ1n) is 7.30. The van der Waals surface area contributed by atoms with Crippen molar-refractivity contribution < 1.29 is 4.79 Å². The molecule has 1 aromatic carbocycles. The van der Waals surface area contributed by atoms with Crippen LogP contribution in [0.5, 0.6) is 0 Å². The highest BCUT2D eigenvalue weighted by Gasteiger charge is 2.05. The van der Waals surface area contributed by atoms with Gasteiger partial charge in [-0.3, -0.25) is 4.79 Å². The Hall–Kier alpha value is -1.68. The second kappa shape index (κ2) is 7.36. The summed E-state index contributed by atoms with van der Waals surface area (Å²) in [5.41, 5.74) is 3.56. The lowest BCUT2D eigenvalue weighted by Gasteiger charge is -2.04. The van der Waals surface area contributed by atoms with E-state index in [1.54, 1.807) is 11.3 Å². The van der Waals surface area contributed by atoms with Crippen molar-refractivity contribution in [1.29, 1.82) is 0 Å². The highest BCUT2D eigenvalue weighted by Crippen LogP contribution is 2.16. The molecule has 2 aromatic rings. The van der Waals surface area contributed by atoms with Crippen LogP contribution in [0, 0.1) is 20.8 Å². The Kier molecular flexibility index (Phi) is 5.51. The number of thiazole rings is 1. The van der Waals surface area contributed by atoms with Crippen LogP contribution in [0.25, 0.3) is 0 Å². The molecule has 21 heavy (non-hydrogen) atoms. The molecule has 2 rings (SSSR count). The fraction of sp³-hybridized carbons (Fsp3) is 0.412. The molecule has 1 N–H and O–H groups in total. The van der Waals surface area contributed by atoms with E-state index in [2.05, 4.69) is 48.4 Å². The number of rotatable bonds is 6. The molecule has 0 saturated heterocycles. The van der Waals surface area contributed by atoms with Gasteiger partial charge in [0.15, 0.2) is 0 Å². The lowest BCUT2D eigenvalue weighted by Crippen LogP contribution is -2.25. The summed E-state index contributed by atoms with van der Waals surface area (Å²) in [5, 5.41) is 4.07. The number of aromatic nitrogens is 1. The topological polar surface area (TPSA) is 42.0 Å². The van der Waals surface area contributed by atoms with Crippen molar-refractivity contribution in [2.45, 2.75) is 40.0 Å². The molecule has 0 spiro atoms. The largest absolute Gasteiger partial charge is 0.356 e. The van der Waals surface area contributed by atoms with Crippen LogP contribution in [-0.4, -0.2) is 17.4 Å². The van der Waals surface area contributed by atoms with E-state index >= 15 is 0 Å². The van der Waals surface area contributed by atoms with Gasteiger partial charge in [-0.15, -0.1) is 11.3 Å². The van der Waals surface area contributed by atoms with E-state index in [0.717, 1.165) is 23.5 Å². The van der Waals surface area contributed by atoms with Gasteiger partial charge in [0.25, 0.3) is 0 Å². The standard InChI is InChI=1S/C17H22N2OS/c1-12-4-6-15(7-5-12)8-9-16(20)18-11-10-17-19-13(2)14(3)21-17/h4-7H,8-11H2,1-3H3,(H,18,20). The first kappa shape index (κ1) is 15.7. The van der Waals surface area contributed by atoms with Gasteiger partial charge in [0.1, 0.15) is 0 Å². The summed E-state index contributed by atoms with van der Waals surface area (Å²) >= 11 is 1.72. The molecule has 3 nitrogen and oxygen atoms in total. The molecule has 0 atom stereocenters. The van der Waals surface area contributed by atoms with Gasteiger partial charge in [-0.05, 0) is 32.8 Å². The average molecular weight is 302 g/mol. The molecule has 1 heterocycles. The van der Waals surface area contributed by atoms with Gasteiger partial charge in [-0.2, -0.15) is 0 Å². The molecule has 0 radical (unpaired) electrons. The molecule has 0 aliphatic rings. The first-order chi connectivity index (χ1) is 10.0. The number of hydrogen-bond donors (Lipinski definition) is 1. The number of carbonyl (C=O) groups is 1. The Morgan fingerprint density at radius 1 is 1.14 bits per heavy atom. The van der Waals surface area contributed by atoms with Gasteiger partial charge in [-0.1, -0.05) is 29.8 Å². The Morgan fingerprint density at radius 3 is 2.48 bits per heavy atom. The zero-order chi connectivity index (χ0) is 15.2. The third kappa shape index (κ3) is 4.97. The van der Waals surface area contributed by atoms with Gasteiger partial charge in [0, 0.05) is 24.3 Å². The van der Waals surface area contributed by atoms with Crippen molar-refractivity contribution in [2.24, 2.45) is 0 Å². The summed E-state index contributed by atoms with van der Waals surface area (Å²) in [4.78, 5) is 17.6. The molecule has 1 aromatic heterocycles. The molecule has 0 saturated carbocycles. The van der Waals surface area contributed by atoms with Gasteiger partial charge in [-0.25, -0.2) is 4.98 Å². The molecule has 0 bridgehead atoms. The predicted molar refractivity (Wildman–Crippen MR) is 87.8 cm³/mol. The molecular formula is C17H22N2OS. The quantitative estimate of drug-likeness (QED) is 0.889. The zero-order valence-electron chi connectivity index (χ0n) is 12.9. The zero-order valence-corrected chi connectivity index (χ0v) is 13.7. The molecule has 0 aliphatic heterocycles. The third-order valence-corrected chi connectivity index (χ3v) is 4.63. The number of carbonyl (C=O) groups excluding carboxylic acids is 1. The highest BCUT2D eigenvalue weighted by atomic mass is 32.1. The van der Waals surface area contributed by atoms with Crippen LogP contribution in [0.15, 0.2) is 24.3 Å². The SMILES string of the molecule is Cc1ccc(CCC(=O)NCCc2nc(C)c(C)s2)cc1. The van der Waals surface area contributed by atoms with Crippen molar-refractivity contribution in [3.8, 4) is 0 Å². The Labute approximate surface area is 130 Å². The van der Waals surface area contributed by atoms with Gasteiger partial charge >= 0.3 is 0 Å². The van der Waals surface area contributed by atoms with E-state index in [1.807, 2.05) is 6.92 Å². The number of nitrogens with zero attached hydrogens (tertiary/aromatic N) is 1. The summed E-state index contributed by atoms with van der Waals surface area (Å²) in [6, 6.07) is 8.34. The maximum absolute atomic E-state index is 11.8. The van der Waals surface area contributed by atoms with E-state index in [1.165, 1.54) is 16.0 Å². The van der Waals surface area contributed by atoms with Crippen LogP contribution in [0.3, 0.4) is 0 Å². The molecule has 1 amide bonds. The highest BCUT2D eigenvalue weighted by molar-refractivity contribution is 7.11. The Balaban J connectivity index is 1.69. The fourth-order valence-corrected chi connectivity index (χ4v) is 2.99. The monoisotopic (exact) mass is 302 g/mol. The van der Waals surface area contributed by atoms with Crippen LogP contribution in [0.4, 0.5) is 0 Å². The van der Waals surface area contributed by atoms with Crippen molar-refractivity contribution in [1.82, 2.24) is 10.3 Å². The van der Waals surface area contributed by atoms with Crippen molar-refractivity contribution in [3.63, 3.8) is 0 Å². The van der Waals surface area contributed by atoms with Crippen molar-refractivity contribution in [3.05, 3.63) is 51.0 Å². The Bertz CT molecular complexity index is 582. The maximum Gasteiger partial charge on any atom is 0.220 e. The van der Waals surface area contributed by atoms with Crippen LogP contribution in [0.2, 0.25) is 0 Å². The molecule has 4 heteroatoms. The average Bonchev–Trinajstić information content (AvgIpc) is 2.77. The molecular weight excluding hydrogens is 280 g/mol. The number of aryl methyl sites for hydroxylation is 4. The number of amides is 1.